The van der Waals surface area contributed by atoms with Gasteiger partial charge in [-0.25, -0.2) is 8.78 Å². The first-order valence-corrected chi connectivity index (χ1v) is 14.0. The van der Waals surface area contributed by atoms with Gasteiger partial charge in [0.2, 0.25) is 11.8 Å². The van der Waals surface area contributed by atoms with E-state index in [4.69, 9.17) is 4.98 Å². The van der Waals surface area contributed by atoms with Crippen molar-refractivity contribution in [1.29, 1.82) is 0 Å². The van der Waals surface area contributed by atoms with Crippen LogP contribution in [0, 0.1) is 17.6 Å². The van der Waals surface area contributed by atoms with Gasteiger partial charge in [0.05, 0.1) is 17.9 Å². The standard InChI is InChI=1S/C30H39F2N5O2/c1-5-20-10-27(38)36(15-20)16-24-13-33-19(2)14-35(24)17-28(39)37-18-30(3,4)29-26(37)9-21(12-34-29)8-22-6-7-23(31)11-25(22)32/h6-7,9,11-12,19-20,24,33H,5,8,10,13-18H2,1-4H3/t19-,20?,24-/m1/s1. The molecule has 9 heteroatoms. The summed E-state index contributed by atoms with van der Waals surface area (Å²) in [6, 6.07) is 5.81. The second-order valence-corrected chi connectivity index (χ2v) is 12.2. The minimum absolute atomic E-state index is 0.00739. The third-order valence-corrected chi connectivity index (χ3v) is 8.49. The van der Waals surface area contributed by atoms with Gasteiger partial charge in [-0.2, -0.15) is 0 Å². The van der Waals surface area contributed by atoms with Gasteiger partial charge >= 0.3 is 0 Å². The Balaban J connectivity index is 1.33. The van der Waals surface area contributed by atoms with Crippen molar-refractivity contribution in [2.45, 2.75) is 64.5 Å². The number of aromatic nitrogens is 1. The number of nitrogens with one attached hydrogen (secondary N) is 1. The van der Waals surface area contributed by atoms with Crippen LogP contribution in [-0.4, -0.2) is 78.0 Å². The lowest BCUT2D eigenvalue weighted by Gasteiger charge is -2.41. The van der Waals surface area contributed by atoms with Gasteiger partial charge in [-0.05, 0) is 36.1 Å². The Morgan fingerprint density at radius 2 is 2.00 bits per heavy atom. The van der Waals surface area contributed by atoms with Crippen molar-refractivity contribution in [2.24, 2.45) is 5.92 Å². The number of rotatable bonds is 7. The largest absolute Gasteiger partial charge is 0.341 e. The summed E-state index contributed by atoms with van der Waals surface area (Å²) in [5, 5.41) is 3.52. The zero-order valence-electron chi connectivity index (χ0n) is 23.3. The maximum absolute atomic E-state index is 14.3. The molecule has 3 atom stereocenters. The fourth-order valence-electron chi connectivity index (χ4n) is 6.20. The fraction of sp³-hybridized carbons (Fsp3) is 0.567. The molecule has 1 aromatic heterocycles. The molecule has 0 spiro atoms. The second-order valence-electron chi connectivity index (χ2n) is 12.2. The highest BCUT2D eigenvalue weighted by Gasteiger charge is 2.41. The first-order chi connectivity index (χ1) is 18.5. The first kappa shape index (κ1) is 27.6. The Kier molecular flexibility index (Phi) is 7.75. The zero-order chi connectivity index (χ0) is 27.9. The number of carbonyl (C=O) groups is 2. The molecule has 1 aromatic carbocycles. The fourth-order valence-corrected chi connectivity index (χ4v) is 6.20. The minimum atomic E-state index is -0.610. The van der Waals surface area contributed by atoms with E-state index in [1.54, 1.807) is 6.20 Å². The molecule has 2 aromatic rings. The predicted octanol–water partition coefficient (Wildman–Crippen LogP) is 3.50. The monoisotopic (exact) mass is 539 g/mol. The number of carbonyl (C=O) groups excluding carboxylic acids is 2. The summed E-state index contributed by atoms with van der Waals surface area (Å²) < 4.78 is 27.7. The Hall–Kier alpha value is -2.91. The Labute approximate surface area is 229 Å². The number of hydrogen-bond acceptors (Lipinski definition) is 5. The van der Waals surface area contributed by atoms with Crippen molar-refractivity contribution in [2.75, 3.05) is 44.2 Å². The van der Waals surface area contributed by atoms with Crippen LogP contribution in [0.4, 0.5) is 14.5 Å². The third kappa shape index (κ3) is 5.84. The van der Waals surface area contributed by atoms with Crippen LogP contribution in [0.2, 0.25) is 0 Å². The number of pyridine rings is 1. The average molecular weight is 540 g/mol. The number of nitrogens with zero attached hydrogens (tertiary/aromatic N) is 4. The van der Waals surface area contributed by atoms with Crippen LogP contribution >= 0.6 is 0 Å². The van der Waals surface area contributed by atoms with Crippen LogP contribution in [0.5, 0.6) is 0 Å². The molecular formula is C30H39F2N5O2. The summed E-state index contributed by atoms with van der Waals surface area (Å²) in [5.41, 5.74) is 2.43. The van der Waals surface area contributed by atoms with Crippen molar-refractivity contribution in [3.05, 3.63) is 58.9 Å². The molecule has 3 aliphatic heterocycles. The lowest BCUT2D eigenvalue weighted by molar-refractivity contribution is -0.128. The highest BCUT2D eigenvalue weighted by atomic mass is 19.1. The van der Waals surface area contributed by atoms with E-state index in [0.717, 1.165) is 49.1 Å². The maximum atomic E-state index is 14.3. The number of amides is 2. The molecule has 5 rings (SSSR count). The van der Waals surface area contributed by atoms with Crippen molar-refractivity contribution < 1.29 is 18.4 Å². The van der Waals surface area contributed by atoms with E-state index >= 15 is 0 Å². The Morgan fingerprint density at radius 1 is 1.21 bits per heavy atom. The number of hydrogen-bond donors (Lipinski definition) is 1. The number of halogens is 2. The number of benzene rings is 1. The molecule has 4 heterocycles. The smallest absolute Gasteiger partial charge is 0.241 e. The van der Waals surface area contributed by atoms with E-state index in [1.807, 2.05) is 15.9 Å². The molecule has 1 N–H and O–H groups in total. The van der Waals surface area contributed by atoms with Gasteiger partial charge in [-0.3, -0.25) is 19.5 Å². The minimum Gasteiger partial charge on any atom is -0.341 e. The summed E-state index contributed by atoms with van der Waals surface area (Å²) in [6.07, 6.45) is 3.60. The molecule has 0 bridgehead atoms. The van der Waals surface area contributed by atoms with Crippen molar-refractivity contribution in [3.63, 3.8) is 0 Å². The van der Waals surface area contributed by atoms with E-state index in [1.165, 1.54) is 12.1 Å². The third-order valence-electron chi connectivity index (χ3n) is 8.49. The molecule has 39 heavy (non-hydrogen) atoms. The Morgan fingerprint density at radius 3 is 2.72 bits per heavy atom. The highest BCUT2D eigenvalue weighted by molar-refractivity contribution is 5.97. The van der Waals surface area contributed by atoms with Gasteiger partial charge in [0, 0.05) is 75.3 Å². The quantitative estimate of drug-likeness (QED) is 0.584. The van der Waals surface area contributed by atoms with E-state index in [0.29, 0.717) is 31.0 Å². The van der Waals surface area contributed by atoms with Gasteiger partial charge in [-0.15, -0.1) is 0 Å². The topological polar surface area (TPSA) is 68.8 Å². The highest BCUT2D eigenvalue weighted by Crippen LogP contribution is 2.40. The maximum Gasteiger partial charge on any atom is 0.241 e. The lowest BCUT2D eigenvalue weighted by atomic mass is 9.91. The molecule has 2 saturated heterocycles. The summed E-state index contributed by atoms with van der Waals surface area (Å²) >= 11 is 0. The van der Waals surface area contributed by atoms with Crippen LogP contribution in [0.25, 0.3) is 0 Å². The van der Waals surface area contributed by atoms with Crippen molar-refractivity contribution >= 4 is 17.5 Å². The first-order valence-electron chi connectivity index (χ1n) is 14.0. The van der Waals surface area contributed by atoms with Gasteiger partial charge in [-0.1, -0.05) is 33.3 Å². The summed E-state index contributed by atoms with van der Waals surface area (Å²) in [7, 11) is 0. The van der Waals surface area contributed by atoms with Gasteiger partial charge in [0.15, 0.2) is 0 Å². The van der Waals surface area contributed by atoms with Crippen LogP contribution in [0.1, 0.15) is 57.4 Å². The molecule has 3 aliphatic rings. The SMILES string of the molecule is CCC1CC(=O)N(C[C@H]2CN[C@H](C)CN2CC(=O)N2CC(C)(C)c3ncc(Cc4ccc(F)cc4F)cc32)C1. The number of fused-ring (bicyclic) bond motifs is 1. The van der Waals surface area contributed by atoms with Crippen molar-refractivity contribution in [3.8, 4) is 0 Å². The van der Waals surface area contributed by atoms with Crippen LogP contribution < -0.4 is 10.2 Å². The van der Waals surface area contributed by atoms with E-state index in [2.05, 4.69) is 37.9 Å². The van der Waals surface area contributed by atoms with E-state index in [-0.39, 0.29) is 42.3 Å². The summed E-state index contributed by atoms with van der Waals surface area (Å²) in [4.78, 5) is 37.1. The average Bonchev–Trinajstić information content (AvgIpc) is 3.38. The number of likely N-dealkylation sites (tertiary alicyclic amines) is 1. The van der Waals surface area contributed by atoms with Crippen LogP contribution in [-0.2, 0) is 21.4 Å². The normalized spacial score (nSPS) is 24.9. The van der Waals surface area contributed by atoms with E-state index in [9.17, 15) is 18.4 Å². The van der Waals surface area contributed by atoms with Crippen molar-refractivity contribution in [1.82, 2.24) is 20.1 Å². The lowest BCUT2D eigenvalue weighted by Crippen LogP contribution is -2.61. The zero-order valence-corrected chi connectivity index (χ0v) is 23.3. The van der Waals surface area contributed by atoms with Crippen LogP contribution in [0.15, 0.2) is 30.5 Å². The molecule has 1 unspecified atom stereocenters. The summed E-state index contributed by atoms with van der Waals surface area (Å²) in [5.74, 6) is -0.590. The van der Waals surface area contributed by atoms with E-state index < -0.39 is 11.6 Å². The molecule has 2 amide bonds. The predicted molar refractivity (Wildman–Crippen MR) is 147 cm³/mol. The molecule has 7 nitrogen and oxygen atoms in total. The number of piperazine rings is 1. The van der Waals surface area contributed by atoms with Crippen LogP contribution in [0.3, 0.4) is 0 Å². The summed E-state index contributed by atoms with van der Waals surface area (Å²) in [6.45, 7) is 12.0. The molecular weight excluding hydrogens is 500 g/mol. The van der Waals surface area contributed by atoms with Gasteiger partial charge in [0.1, 0.15) is 11.6 Å². The molecule has 210 valence electrons. The Bertz CT molecular complexity index is 1250. The molecule has 0 aliphatic carbocycles. The molecule has 2 fully saturated rings. The second kappa shape index (κ2) is 10.9. The van der Waals surface area contributed by atoms with Gasteiger partial charge < -0.3 is 15.1 Å². The number of anilines is 1. The molecule has 0 radical (unpaired) electrons. The molecule has 0 saturated carbocycles. The van der Waals surface area contributed by atoms with Gasteiger partial charge in [0.25, 0.3) is 0 Å².